The van der Waals surface area contributed by atoms with Gasteiger partial charge in [0.1, 0.15) is 5.75 Å². The summed E-state index contributed by atoms with van der Waals surface area (Å²) < 4.78 is 35.2. The number of carbonyl (C=O) groups is 1. The van der Waals surface area contributed by atoms with Crippen LogP contribution in [-0.2, 0) is 21.2 Å². The standard InChI is InChI=1S/C21H22N4O4S/c1-29-15-4-5-16-13(11-15)7-10-24-18(16)19-21(8-6-17(20(24)26)25(19)21)30(27,28)23-14-3-2-9-22-12-14/h2-5,9,11-12,17-19,23H,6-8,10H2,1H3. The lowest BCUT2D eigenvalue weighted by molar-refractivity contribution is -0.142. The van der Waals surface area contributed by atoms with Gasteiger partial charge >= 0.3 is 0 Å². The Morgan fingerprint density at radius 2 is 2.17 bits per heavy atom. The highest BCUT2D eigenvalue weighted by Crippen LogP contribution is 2.65. The van der Waals surface area contributed by atoms with Gasteiger partial charge in [0.15, 0.2) is 4.87 Å². The number of carbonyl (C=O) groups excluding carboxylic acids is 1. The minimum Gasteiger partial charge on any atom is -0.497 e. The third-order valence-corrected chi connectivity index (χ3v) is 9.21. The molecule has 1 N–H and O–H groups in total. The van der Waals surface area contributed by atoms with Gasteiger partial charge in [-0.2, -0.15) is 0 Å². The van der Waals surface area contributed by atoms with Gasteiger partial charge in [0, 0.05) is 12.7 Å². The quantitative estimate of drug-likeness (QED) is 0.746. The number of hydrogen-bond donors (Lipinski definition) is 1. The number of piperazine rings is 1. The van der Waals surface area contributed by atoms with Crippen LogP contribution in [0.15, 0.2) is 42.7 Å². The van der Waals surface area contributed by atoms with E-state index in [-0.39, 0.29) is 24.0 Å². The molecule has 0 spiro atoms. The second kappa shape index (κ2) is 5.95. The molecule has 0 bridgehead atoms. The molecule has 8 nitrogen and oxygen atoms in total. The van der Waals surface area contributed by atoms with Crippen molar-refractivity contribution < 1.29 is 17.9 Å². The molecule has 6 rings (SSSR count). The van der Waals surface area contributed by atoms with E-state index in [1.165, 1.54) is 6.20 Å². The van der Waals surface area contributed by atoms with Gasteiger partial charge in [0.25, 0.3) is 10.0 Å². The fraction of sp³-hybridized carbons (Fsp3) is 0.429. The maximum atomic E-state index is 13.6. The first kappa shape index (κ1) is 18.1. The predicted octanol–water partition coefficient (Wildman–Crippen LogP) is 1.51. The number of amides is 1. The van der Waals surface area contributed by atoms with E-state index >= 15 is 0 Å². The minimum absolute atomic E-state index is 0.0497. The van der Waals surface area contributed by atoms with E-state index in [9.17, 15) is 13.2 Å². The average molecular weight is 426 g/mol. The lowest BCUT2D eigenvalue weighted by atomic mass is 9.85. The van der Waals surface area contributed by atoms with Crippen molar-refractivity contribution in [2.75, 3.05) is 18.4 Å². The Morgan fingerprint density at radius 3 is 2.93 bits per heavy atom. The van der Waals surface area contributed by atoms with E-state index in [1.54, 1.807) is 25.4 Å². The van der Waals surface area contributed by atoms with Crippen molar-refractivity contribution in [2.24, 2.45) is 0 Å². The molecule has 30 heavy (non-hydrogen) atoms. The molecule has 0 aliphatic carbocycles. The topological polar surface area (TPSA) is 91.6 Å². The van der Waals surface area contributed by atoms with Crippen molar-refractivity contribution in [3.63, 3.8) is 0 Å². The molecule has 5 unspecified atom stereocenters. The molecule has 2 aromatic rings. The summed E-state index contributed by atoms with van der Waals surface area (Å²) in [5.74, 6) is 0.827. The zero-order chi connectivity index (χ0) is 20.7. The summed E-state index contributed by atoms with van der Waals surface area (Å²) in [6.07, 6.45) is 4.89. The maximum Gasteiger partial charge on any atom is 0.253 e. The highest BCUT2D eigenvalue weighted by molar-refractivity contribution is 7.94. The van der Waals surface area contributed by atoms with Crippen molar-refractivity contribution in [1.29, 1.82) is 0 Å². The summed E-state index contributed by atoms with van der Waals surface area (Å²) in [4.78, 5) is 20.0. The zero-order valence-corrected chi connectivity index (χ0v) is 17.3. The average Bonchev–Trinajstić information content (AvgIpc) is 3.26. The van der Waals surface area contributed by atoms with Crippen LogP contribution < -0.4 is 9.46 Å². The van der Waals surface area contributed by atoms with Gasteiger partial charge in [0.05, 0.1) is 37.1 Å². The number of piperidine rings is 1. The van der Waals surface area contributed by atoms with Crippen LogP contribution >= 0.6 is 0 Å². The molecule has 1 aromatic carbocycles. The summed E-state index contributed by atoms with van der Waals surface area (Å²) in [7, 11) is -2.12. The summed E-state index contributed by atoms with van der Waals surface area (Å²) in [6, 6.07) is 8.43. The predicted molar refractivity (Wildman–Crippen MR) is 109 cm³/mol. The van der Waals surface area contributed by atoms with E-state index in [0.29, 0.717) is 25.1 Å². The number of benzene rings is 1. The number of methoxy groups -OCH3 is 1. The number of nitrogens with one attached hydrogen (secondary N) is 1. The number of aromatic nitrogens is 1. The first-order valence-corrected chi connectivity index (χ1v) is 11.6. The minimum atomic E-state index is -3.75. The van der Waals surface area contributed by atoms with Crippen LogP contribution in [0.3, 0.4) is 0 Å². The van der Waals surface area contributed by atoms with E-state index < -0.39 is 14.9 Å². The molecule has 1 aromatic heterocycles. The highest BCUT2D eigenvalue weighted by Gasteiger charge is 2.82. The monoisotopic (exact) mass is 426 g/mol. The van der Waals surface area contributed by atoms with Gasteiger partial charge in [-0.25, -0.2) is 8.42 Å². The molecule has 5 atom stereocenters. The normalized spacial score (nSPS) is 33.4. The molecule has 156 valence electrons. The smallest absolute Gasteiger partial charge is 0.253 e. The van der Waals surface area contributed by atoms with Crippen LogP contribution in [0.5, 0.6) is 5.75 Å². The molecular weight excluding hydrogens is 404 g/mol. The SMILES string of the molecule is COc1ccc2c(c1)CCN1C(=O)C3CCC4(S(=O)(=O)Nc5cccnc5)C(C21)N34. The van der Waals surface area contributed by atoms with E-state index in [4.69, 9.17) is 4.74 Å². The Morgan fingerprint density at radius 1 is 1.30 bits per heavy atom. The molecule has 0 radical (unpaired) electrons. The number of hydrogen-bond acceptors (Lipinski definition) is 6. The van der Waals surface area contributed by atoms with Crippen LogP contribution in [0.2, 0.25) is 0 Å². The molecule has 5 heterocycles. The van der Waals surface area contributed by atoms with Crippen molar-refractivity contribution >= 4 is 21.6 Å². The fourth-order valence-electron chi connectivity index (χ4n) is 5.86. The number of fused-ring (bicyclic) bond motifs is 5. The van der Waals surface area contributed by atoms with Crippen molar-refractivity contribution in [3.8, 4) is 5.75 Å². The van der Waals surface area contributed by atoms with Gasteiger partial charge in [-0.05, 0) is 54.7 Å². The molecule has 3 fully saturated rings. The number of sulfonamides is 1. The Labute approximate surface area is 174 Å². The molecule has 1 amide bonds. The summed E-state index contributed by atoms with van der Waals surface area (Å²) in [6.45, 7) is 0.608. The highest BCUT2D eigenvalue weighted by atomic mass is 32.2. The lowest BCUT2D eigenvalue weighted by Gasteiger charge is -2.43. The number of nitrogens with zero attached hydrogens (tertiary/aromatic N) is 3. The van der Waals surface area contributed by atoms with Crippen LogP contribution in [-0.4, -0.2) is 59.7 Å². The van der Waals surface area contributed by atoms with Crippen LogP contribution in [0.4, 0.5) is 5.69 Å². The zero-order valence-electron chi connectivity index (χ0n) is 16.5. The van der Waals surface area contributed by atoms with Crippen molar-refractivity contribution in [2.45, 2.75) is 42.3 Å². The third kappa shape index (κ3) is 2.16. The number of ether oxygens (including phenoxy) is 1. The van der Waals surface area contributed by atoms with Gasteiger partial charge in [0.2, 0.25) is 5.91 Å². The van der Waals surface area contributed by atoms with Crippen LogP contribution in [0.25, 0.3) is 0 Å². The van der Waals surface area contributed by atoms with Gasteiger partial charge in [-0.3, -0.25) is 19.4 Å². The van der Waals surface area contributed by atoms with Crippen molar-refractivity contribution in [1.82, 2.24) is 14.8 Å². The first-order chi connectivity index (χ1) is 14.5. The summed E-state index contributed by atoms with van der Waals surface area (Å²) in [5, 5.41) is 0. The van der Waals surface area contributed by atoms with E-state index in [2.05, 4.69) is 9.71 Å². The Bertz CT molecular complexity index is 1150. The largest absolute Gasteiger partial charge is 0.497 e. The molecular formula is C21H22N4O4S. The molecule has 9 heteroatoms. The molecule has 0 saturated carbocycles. The summed E-state index contributed by atoms with van der Waals surface area (Å²) in [5.41, 5.74) is 2.60. The third-order valence-electron chi connectivity index (χ3n) is 7.12. The molecule has 4 aliphatic heterocycles. The molecule has 4 aliphatic rings. The van der Waals surface area contributed by atoms with Crippen molar-refractivity contribution in [3.05, 3.63) is 53.9 Å². The Kier molecular flexibility index (Phi) is 3.60. The fourth-order valence-corrected chi connectivity index (χ4v) is 7.88. The van der Waals surface area contributed by atoms with E-state index in [1.807, 2.05) is 28.0 Å². The van der Waals surface area contributed by atoms with Crippen LogP contribution in [0.1, 0.15) is 30.0 Å². The first-order valence-electron chi connectivity index (χ1n) is 10.2. The van der Waals surface area contributed by atoms with Gasteiger partial charge in [-0.15, -0.1) is 0 Å². The molecule has 3 saturated heterocycles. The Hall–Kier alpha value is -2.65. The van der Waals surface area contributed by atoms with Crippen LogP contribution in [0, 0.1) is 0 Å². The number of pyridine rings is 1. The second-order valence-electron chi connectivity index (χ2n) is 8.39. The van der Waals surface area contributed by atoms with E-state index in [0.717, 1.165) is 23.3 Å². The van der Waals surface area contributed by atoms with Gasteiger partial charge in [-0.1, -0.05) is 6.07 Å². The second-order valence-corrected chi connectivity index (χ2v) is 10.3. The summed E-state index contributed by atoms with van der Waals surface area (Å²) >= 11 is 0. The number of rotatable bonds is 4. The maximum absolute atomic E-state index is 13.6. The Balaban J connectivity index is 1.43. The lowest BCUT2D eigenvalue weighted by Crippen LogP contribution is -2.54. The number of anilines is 1. The van der Waals surface area contributed by atoms with Gasteiger partial charge < -0.3 is 9.64 Å².